The highest BCUT2D eigenvalue weighted by atomic mass is 32.2. The van der Waals surface area contributed by atoms with Gasteiger partial charge in [0.2, 0.25) is 5.91 Å². The standard InChI is InChI=1S/C14H19NO4S/c16-14(15-13-7-4-8-19-9-13)11-20(17,18)10-12-5-2-1-3-6-12/h1-3,5-6,13H,4,7-11H2,(H,15,16)/t13-/m1/s1. The van der Waals surface area contributed by atoms with Gasteiger partial charge in [-0.1, -0.05) is 30.3 Å². The van der Waals surface area contributed by atoms with Crippen molar-refractivity contribution in [2.45, 2.75) is 24.6 Å². The number of sulfone groups is 1. The van der Waals surface area contributed by atoms with Crippen molar-refractivity contribution in [2.24, 2.45) is 0 Å². The summed E-state index contributed by atoms with van der Waals surface area (Å²) in [5.74, 6) is -1.03. The molecule has 110 valence electrons. The van der Waals surface area contributed by atoms with Crippen LogP contribution in [0.4, 0.5) is 0 Å². The van der Waals surface area contributed by atoms with E-state index in [0.717, 1.165) is 12.8 Å². The van der Waals surface area contributed by atoms with Gasteiger partial charge in [-0.25, -0.2) is 8.42 Å². The van der Waals surface area contributed by atoms with Crippen LogP contribution in [-0.4, -0.2) is 39.3 Å². The zero-order valence-electron chi connectivity index (χ0n) is 11.2. The van der Waals surface area contributed by atoms with Gasteiger partial charge in [0, 0.05) is 6.61 Å². The molecular weight excluding hydrogens is 278 g/mol. The fraction of sp³-hybridized carbons (Fsp3) is 0.500. The maximum atomic E-state index is 12.0. The molecule has 6 heteroatoms. The molecule has 1 aliphatic rings. The number of benzene rings is 1. The monoisotopic (exact) mass is 297 g/mol. The van der Waals surface area contributed by atoms with Crippen LogP contribution in [0, 0.1) is 0 Å². The number of carbonyl (C=O) groups excluding carboxylic acids is 1. The maximum Gasteiger partial charge on any atom is 0.235 e. The van der Waals surface area contributed by atoms with E-state index >= 15 is 0 Å². The summed E-state index contributed by atoms with van der Waals surface area (Å²) in [4.78, 5) is 11.8. The summed E-state index contributed by atoms with van der Waals surface area (Å²) in [6.45, 7) is 1.17. The third-order valence-electron chi connectivity index (χ3n) is 3.11. The Hall–Kier alpha value is -1.40. The van der Waals surface area contributed by atoms with Crippen LogP contribution in [0.15, 0.2) is 30.3 Å². The number of hydrogen-bond acceptors (Lipinski definition) is 4. The lowest BCUT2D eigenvalue weighted by Crippen LogP contribution is -2.43. The molecule has 2 rings (SSSR count). The predicted molar refractivity (Wildman–Crippen MR) is 75.9 cm³/mol. The summed E-state index contributed by atoms with van der Waals surface area (Å²) in [6.07, 6.45) is 1.73. The Morgan fingerprint density at radius 1 is 1.30 bits per heavy atom. The van der Waals surface area contributed by atoms with E-state index in [-0.39, 0.29) is 11.8 Å². The van der Waals surface area contributed by atoms with Crippen molar-refractivity contribution in [3.8, 4) is 0 Å². The second-order valence-corrected chi connectivity index (χ2v) is 7.06. The van der Waals surface area contributed by atoms with E-state index in [4.69, 9.17) is 4.74 Å². The van der Waals surface area contributed by atoms with Gasteiger partial charge < -0.3 is 10.1 Å². The molecule has 20 heavy (non-hydrogen) atoms. The quantitative estimate of drug-likeness (QED) is 0.876. The Bertz CT molecular complexity index is 536. The minimum atomic E-state index is -3.44. The molecule has 0 radical (unpaired) electrons. The van der Waals surface area contributed by atoms with E-state index in [9.17, 15) is 13.2 Å². The number of ether oxygens (including phenoxy) is 1. The molecule has 1 amide bonds. The van der Waals surface area contributed by atoms with Crippen molar-refractivity contribution >= 4 is 15.7 Å². The third kappa shape index (κ3) is 4.94. The smallest absolute Gasteiger partial charge is 0.235 e. The van der Waals surface area contributed by atoms with E-state index in [1.54, 1.807) is 24.3 Å². The van der Waals surface area contributed by atoms with Crippen LogP contribution in [0.2, 0.25) is 0 Å². The van der Waals surface area contributed by atoms with Crippen molar-refractivity contribution in [1.29, 1.82) is 0 Å². The summed E-state index contributed by atoms with van der Waals surface area (Å²) in [5, 5.41) is 2.72. The Balaban J connectivity index is 1.86. The molecule has 1 saturated heterocycles. The second kappa shape index (κ2) is 6.85. The first-order valence-electron chi connectivity index (χ1n) is 6.67. The zero-order valence-corrected chi connectivity index (χ0v) is 12.1. The van der Waals surface area contributed by atoms with Crippen molar-refractivity contribution < 1.29 is 17.9 Å². The lowest BCUT2D eigenvalue weighted by molar-refractivity contribution is -0.120. The second-order valence-electron chi connectivity index (χ2n) is 5.00. The molecule has 0 unspecified atom stereocenters. The van der Waals surface area contributed by atoms with E-state index in [1.807, 2.05) is 6.07 Å². The molecule has 1 atom stereocenters. The lowest BCUT2D eigenvalue weighted by Gasteiger charge is -2.23. The van der Waals surface area contributed by atoms with Gasteiger partial charge in [-0.05, 0) is 18.4 Å². The molecule has 0 aromatic heterocycles. The van der Waals surface area contributed by atoms with E-state index in [0.29, 0.717) is 18.8 Å². The van der Waals surface area contributed by atoms with Gasteiger partial charge >= 0.3 is 0 Å². The maximum absolute atomic E-state index is 12.0. The average Bonchev–Trinajstić information content (AvgIpc) is 2.39. The Morgan fingerprint density at radius 2 is 2.05 bits per heavy atom. The van der Waals surface area contributed by atoms with Gasteiger partial charge in [0.25, 0.3) is 0 Å². The number of carbonyl (C=O) groups is 1. The zero-order chi connectivity index (χ0) is 14.4. The first-order valence-corrected chi connectivity index (χ1v) is 8.49. The molecule has 1 aliphatic heterocycles. The third-order valence-corrected chi connectivity index (χ3v) is 4.58. The molecule has 1 aromatic carbocycles. The Labute approximate surface area is 119 Å². The molecule has 5 nitrogen and oxygen atoms in total. The number of nitrogens with one attached hydrogen (secondary N) is 1. The molecule has 1 aromatic rings. The molecule has 1 fully saturated rings. The largest absolute Gasteiger partial charge is 0.379 e. The molecule has 0 saturated carbocycles. The van der Waals surface area contributed by atoms with Crippen LogP contribution < -0.4 is 5.32 Å². The fourth-order valence-electron chi connectivity index (χ4n) is 2.20. The van der Waals surface area contributed by atoms with Crippen LogP contribution in [0.3, 0.4) is 0 Å². The van der Waals surface area contributed by atoms with E-state index in [2.05, 4.69) is 5.32 Å². The Morgan fingerprint density at radius 3 is 2.70 bits per heavy atom. The van der Waals surface area contributed by atoms with Gasteiger partial charge in [-0.3, -0.25) is 4.79 Å². The van der Waals surface area contributed by atoms with Gasteiger partial charge in [0.1, 0.15) is 5.75 Å². The van der Waals surface area contributed by atoms with Gasteiger partial charge in [0.15, 0.2) is 9.84 Å². The van der Waals surface area contributed by atoms with Crippen LogP contribution in [0.25, 0.3) is 0 Å². The molecule has 0 spiro atoms. The molecule has 0 aliphatic carbocycles. The van der Waals surface area contributed by atoms with E-state index < -0.39 is 21.5 Å². The first-order chi connectivity index (χ1) is 9.55. The summed E-state index contributed by atoms with van der Waals surface area (Å²) in [7, 11) is -3.44. The molecule has 1 N–H and O–H groups in total. The van der Waals surface area contributed by atoms with Gasteiger partial charge in [-0.2, -0.15) is 0 Å². The molecule has 1 heterocycles. The Kier molecular flexibility index (Phi) is 5.14. The van der Waals surface area contributed by atoms with Crippen LogP contribution >= 0.6 is 0 Å². The van der Waals surface area contributed by atoms with Crippen molar-refractivity contribution in [3.05, 3.63) is 35.9 Å². The first kappa shape index (κ1) is 15.0. The van der Waals surface area contributed by atoms with Crippen LogP contribution in [0.1, 0.15) is 18.4 Å². The molecular formula is C14H19NO4S. The minimum Gasteiger partial charge on any atom is -0.379 e. The summed E-state index contributed by atoms with van der Waals surface area (Å²) >= 11 is 0. The van der Waals surface area contributed by atoms with Crippen molar-refractivity contribution in [3.63, 3.8) is 0 Å². The van der Waals surface area contributed by atoms with Crippen molar-refractivity contribution in [2.75, 3.05) is 19.0 Å². The number of hydrogen-bond donors (Lipinski definition) is 1. The normalized spacial score (nSPS) is 19.5. The summed E-state index contributed by atoms with van der Waals surface area (Å²) < 4.78 is 29.2. The summed E-state index contributed by atoms with van der Waals surface area (Å²) in [6, 6.07) is 8.80. The van der Waals surface area contributed by atoms with E-state index in [1.165, 1.54) is 0 Å². The molecule has 0 bridgehead atoms. The minimum absolute atomic E-state index is 0.0665. The lowest BCUT2D eigenvalue weighted by atomic mass is 10.1. The predicted octanol–water partition coefficient (Wildman–Crippen LogP) is 0.897. The van der Waals surface area contributed by atoms with Crippen molar-refractivity contribution in [1.82, 2.24) is 5.32 Å². The highest BCUT2D eigenvalue weighted by Gasteiger charge is 2.21. The topological polar surface area (TPSA) is 72.5 Å². The fourth-order valence-corrected chi connectivity index (χ4v) is 3.49. The van der Waals surface area contributed by atoms with Crippen LogP contribution in [-0.2, 0) is 25.1 Å². The summed E-state index contributed by atoms with van der Waals surface area (Å²) in [5.41, 5.74) is 0.696. The number of rotatable bonds is 5. The highest BCUT2D eigenvalue weighted by Crippen LogP contribution is 2.08. The highest BCUT2D eigenvalue weighted by molar-refractivity contribution is 7.91. The SMILES string of the molecule is O=C(CS(=O)(=O)Cc1ccccc1)N[C@@H]1CCCOC1. The number of amides is 1. The van der Waals surface area contributed by atoms with Gasteiger partial charge in [-0.15, -0.1) is 0 Å². The average molecular weight is 297 g/mol. The van der Waals surface area contributed by atoms with Gasteiger partial charge in [0.05, 0.1) is 18.4 Å². The van der Waals surface area contributed by atoms with Crippen LogP contribution in [0.5, 0.6) is 0 Å².